The van der Waals surface area contributed by atoms with Crippen LogP contribution in [0.15, 0.2) is 36.4 Å². The number of nitrogens with two attached hydrogens (primary N) is 1. The van der Waals surface area contributed by atoms with Crippen LogP contribution in [0.1, 0.15) is 43.2 Å². The fourth-order valence-electron chi connectivity index (χ4n) is 6.00. The summed E-state index contributed by atoms with van der Waals surface area (Å²) in [5.41, 5.74) is 11.3. The molecule has 2 bridgehead atoms. The van der Waals surface area contributed by atoms with E-state index in [-0.39, 0.29) is 5.56 Å². The van der Waals surface area contributed by atoms with Crippen LogP contribution in [0, 0.1) is 22.6 Å². The molecule has 1 aliphatic carbocycles. The average molecular weight is 403 g/mol. The number of nitrogens with zero attached hydrogens (tertiary/aromatic N) is 3. The Kier molecular flexibility index (Phi) is 4.00. The van der Waals surface area contributed by atoms with E-state index in [9.17, 15) is 4.39 Å². The number of nitriles is 1. The van der Waals surface area contributed by atoms with Crippen LogP contribution in [0.2, 0.25) is 0 Å². The van der Waals surface area contributed by atoms with Crippen LogP contribution >= 0.6 is 0 Å². The zero-order chi connectivity index (χ0) is 20.5. The van der Waals surface area contributed by atoms with E-state index in [4.69, 9.17) is 11.0 Å². The fraction of sp³-hybridized carbons (Fsp3) is 0.480. The van der Waals surface area contributed by atoms with Crippen molar-refractivity contribution in [3.8, 4) is 17.2 Å². The summed E-state index contributed by atoms with van der Waals surface area (Å²) in [7, 11) is 0. The summed E-state index contributed by atoms with van der Waals surface area (Å²) in [4.78, 5) is 5.00. The molecule has 1 unspecified atom stereocenters. The molecule has 2 N–H and O–H groups in total. The number of hydrogen-bond acceptors (Lipinski definition) is 4. The van der Waals surface area contributed by atoms with E-state index in [1.165, 1.54) is 43.0 Å². The Morgan fingerprint density at radius 1 is 1.13 bits per heavy atom. The maximum atomic E-state index is 14.4. The molecule has 3 atom stereocenters. The average Bonchev–Trinajstić information content (AvgIpc) is 3.37. The number of benzene rings is 2. The highest BCUT2D eigenvalue weighted by Gasteiger charge is 2.52. The van der Waals surface area contributed by atoms with Gasteiger partial charge in [0.05, 0.1) is 5.56 Å². The minimum atomic E-state index is -0.447. The highest BCUT2D eigenvalue weighted by molar-refractivity contribution is 5.80. The van der Waals surface area contributed by atoms with Crippen LogP contribution in [-0.4, -0.2) is 36.1 Å². The van der Waals surface area contributed by atoms with Gasteiger partial charge in [-0.25, -0.2) is 4.39 Å². The Hall–Kier alpha value is -2.42. The lowest BCUT2D eigenvalue weighted by Gasteiger charge is -2.43. The Morgan fingerprint density at radius 2 is 1.97 bits per heavy atom. The number of rotatable bonds is 4. The second-order valence-corrected chi connectivity index (χ2v) is 9.88. The van der Waals surface area contributed by atoms with E-state index in [1.54, 1.807) is 6.07 Å². The summed E-state index contributed by atoms with van der Waals surface area (Å²) in [6.45, 7) is 3.10. The molecule has 3 heterocycles. The predicted octanol–water partition coefficient (Wildman–Crippen LogP) is 4.03. The molecule has 0 amide bonds. The van der Waals surface area contributed by atoms with Crippen molar-refractivity contribution in [3.05, 3.63) is 53.3 Å². The molecule has 154 valence electrons. The molecule has 2 aromatic carbocycles. The van der Waals surface area contributed by atoms with Crippen molar-refractivity contribution in [2.24, 2.45) is 11.1 Å². The van der Waals surface area contributed by atoms with Crippen molar-refractivity contribution < 1.29 is 4.39 Å². The zero-order valence-electron chi connectivity index (χ0n) is 17.1. The smallest absolute Gasteiger partial charge is 0.141 e. The lowest BCUT2D eigenvalue weighted by atomic mass is 9.92. The highest BCUT2D eigenvalue weighted by Crippen LogP contribution is 2.55. The van der Waals surface area contributed by atoms with Gasteiger partial charge in [-0.1, -0.05) is 12.1 Å². The second-order valence-electron chi connectivity index (χ2n) is 9.88. The first-order valence-electron chi connectivity index (χ1n) is 11.1. The summed E-state index contributed by atoms with van der Waals surface area (Å²) in [5.74, 6) is -0.447. The first-order valence-corrected chi connectivity index (χ1v) is 11.1. The van der Waals surface area contributed by atoms with Crippen molar-refractivity contribution in [1.82, 2.24) is 4.90 Å². The number of anilines is 1. The summed E-state index contributed by atoms with van der Waals surface area (Å²) >= 11 is 0. The third kappa shape index (κ3) is 2.85. The van der Waals surface area contributed by atoms with Crippen LogP contribution in [-0.2, 0) is 6.54 Å². The van der Waals surface area contributed by atoms with Crippen molar-refractivity contribution in [2.45, 2.75) is 56.8 Å². The van der Waals surface area contributed by atoms with Gasteiger partial charge in [-0.05, 0) is 67.5 Å². The van der Waals surface area contributed by atoms with Crippen LogP contribution < -0.4 is 10.6 Å². The fourth-order valence-corrected chi connectivity index (χ4v) is 6.00. The number of hydrogen-bond donors (Lipinski definition) is 1. The van der Waals surface area contributed by atoms with E-state index < -0.39 is 5.82 Å². The molecule has 1 spiro atoms. The van der Waals surface area contributed by atoms with E-state index in [2.05, 4.69) is 28.0 Å². The molecular weight excluding hydrogens is 375 g/mol. The zero-order valence-corrected chi connectivity index (χ0v) is 17.1. The molecule has 30 heavy (non-hydrogen) atoms. The Labute approximate surface area is 177 Å². The van der Waals surface area contributed by atoms with Crippen molar-refractivity contribution >= 4 is 5.69 Å². The van der Waals surface area contributed by atoms with Gasteiger partial charge >= 0.3 is 0 Å². The number of halogens is 1. The molecular formula is C25H27FN4. The van der Waals surface area contributed by atoms with Crippen molar-refractivity contribution in [1.29, 1.82) is 5.26 Å². The minimum Gasteiger partial charge on any atom is -0.370 e. The van der Waals surface area contributed by atoms with Crippen LogP contribution in [0.4, 0.5) is 10.1 Å². The Morgan fingerprint density at radius 3 is 2.60 bits per heavy atom. The van der Waals surface area contributed by atoms with Gasteiger partial charge in [0.1, 0.15) is 11.9 Å². The third-order valence-corrected chi connectivity index (χ3v) is 7.91. The topological polar surface area (TPSA) is 56.3 Å². The molecule has 0 radical (unpaired) electrons. The molecule has 3 saturated heterocycles. The van der Waals surface area contributed by atoms with E-state index in [0.29, 0.717) is 23.5 Å². The first-order chi connectivity index (χ1) is 14.5. The second kappa shape index (κ2) is 6.54. The summed E-state index contributed by atoms with van der Waals surface area (Å²) in [5, 5.41) is 9.10. The van der Waals surface area contributed by atoms with E-state index in [1.807, 2.05) is 12.1 Å². The lowest BCUT2D eigenvalue weighted by Crippen LogP contribution is -2.48. The molecule has 5 heteroatoms. The maximum absolute atomic E-state index is 14.4. The minimum absolute atomic E-state index is 0.0972. The molecule has 6 rings (SSSR count). The van der Waals surface area contributed by atoms with Gasteiger partial charge < -0.3 is 10.6 Å². The van der Waals surface area contributed by atoms with Gasteiger partial charge in [0, 0.05) is 54.4 Å². The molecule has 0 aromatic heterocycles. The van der Waals surface area contributed by atoms with E-state index >= 15 is 0 Å². The van der Waals surface area contributed by atoms with Crippen LogP contribution in [0.25, 0.3) is 11.1 Å². The number of fused-ring (bicyclic) bond motifs is 2. The van der Waals surface area contributed by atoms with Gasteiger partial charge in [0.15, 0.2) is 0 Å². The molecule has 4 aliphatic rings. The van der Waals surface area contributed by atoms with Gasteiger partial charge in [-0.3, -0.25) is 4.90 Å². The van der Waals surface area contributed by atoms with Gasteiger partial charge in [-0.2, -0.15) is 5.26 Å². The van der Waals surface area contributed by atoms with E-state index in [0.717, 1.165) is 37.2 Å². The monoisotopic (exact) mass is 402 g/mol. The normalized spacial score (nSPS) is 28.6. The summed E-state index contributed by atoms with van der Waals surface area (Å²) in [6.07, 6.45) is 6.22. The van der Waals surface area contributed by atoms with Crippen molar-refractivity contribution in [2.75, 3.05) is 18.0 Å². The molecule has 4 nitrogen and oxygen atoms in total. The quantitative estimate of drug-likeness (QED) is 0.839. The third-order valence-electron chi connectivity index (χ3n) is 7.91. The molecule has 2 aromatic rings. The largest absolute Gasteiger partial charge is 0.370 e. The summed E-state index contributed by atoms with van der Waals surface area (Å²) in [6, 6.07) is 15.0. The Balaban J connectivity index is 1.35. The standard InChI is InChI=1S/C25H27FN4/c26-21-10-17(2-3-18(21)12-27)20-9-16(13-30-19-4-6-24(30)22(28)11-19)1-5-23(20)29-14-25(15-29)7-8-25/h1-3,5,9-10,19,22,24H,4,6-8,11,13-15,28H2/t19-,22?,24+/m0/s1. The van der Waals surface area contributed by atoms with Gasteiger partial charge in [0.25, 0.3) is 0 Å². The summed E-state index contributed by atoms with van der Waals surface area (Å²) < 4.78 is 14.4. The first kappa shape index (κ1) is 18.4. The molecule has 4 fully saturated rings. The predicted molar refractivity (Wildman–Crippen MR) is 115 cm³/mol. The van der Waals surface area contributed by atoms with Gasteiger partial charge in [-0.15, -0.1) is 0 Å². The maximum Gasteiger partial charge on any atom is 0.141 e. The lowest BCUT2D eigenvalue weighted by molar-refractivity contribution is 0.239. The van der Waals surface area contributed by atoms with Crippen LogP contribution in [0.5, 0.6) is 0 Å². The highest BCUT2D eigenvalue weighted by atomic mass is 19.1. The van der Waals surface area contributed by atoms with Crippen LogP contribution in [0.3, 0.4) is 0 Å². The van der Waals surface area contributed by atoms with Gasteiger partial charge in [0.2, 0.25) is 0 Å². The molecule has 1 saturated carbocycles. The van der Waals surface area contributed by atoms with Crippen molar-refractivity contribution in [3.63, 3.8) is 0 Å². The molecule has 3 aliphatic heterocycles. The SMILES string of the molecule is N#Cc1ccc(-c2cc(CN3[C@H]4CC[C@@H]3C(N)C4)ccc2N2CC3(CC3)C2)cc1F. The Bertz CT molecular complexity index is 1050.